The minimum atomic E-state index is 0.190. The van der Waals surface area contributed by atoms with E-state index in [-0.39, 0.29) is 5.15 Å². The molecule has 1 heterocycles. The topological polar surface area (TPSA) is 86.5 Å². The number of benzene rings is 2. The molecule has 3 rings (SSSR count). The van der Waals surface area contributed by atoms with E-state index in [0.717, 1.165) is 22.5 Å². The van der Waals surface area contributed by atoms with Crippen LogP contribution in [0.3, 0.4) is 0 Å². The van der Waals surface area contributed by atoms with E-state index in [4.69, 9.17) is 16.9 Å². The Balaban J connectivity index is 1.87. The maximum absolute atomic E-state index is 8.86. The van der Waals surface area contributed by atoms with E-state index in [1.807, 2.05) is 13.8 Å². The highest BCUT2D eigenvalue weighted by Crippen LogP contribution is 2.28. The van der Waals surface area contributed by atoms with Crippen LogP contribution in [0.4, 0.5) is 23.1 Å². The van der Waals surface area contributed by atoms with Crippen molar-refractivity contribution in [3.8, 4) is 6.07 Å². The Morgan fingerprint density at radius 1 is 0.962 bits per heavy atom. The Kier molecular flexibility index (Phi) is 5.01. The molecule has 0 aliphatic heterocycles. The molecule has 0 atom stereocenters. The van der Waals surface area contributed by atoms with Crippen LogP contribution < -0.4 is 10.6 Å². The first-order valence-corrected chi connectivity index (χ1v) is 8.36. The molecule has 6 nitrogen and oxygen atoms in total. The molecule has 0 aliphatic rings. The zero-order chi connectivity index (χ0) is 18.7. The summed E-state index contributed by atoms with van der Waals surface area (Å²) in [6.45, 7) is 6.12. The standard InChI is InChI=1S/C19H17ClN6/c1-11-8-12(2)16(13(3)9-11)23-18-17(20)25-26-19(24-18)22-15-6-4-14(10-21)5-7-15/h4-9H,1-3H3,(H2,22,23,24,26). The zero-order valence-corrected chi connectivity index (χ0v) is 15.4. The summed E-state index contributed by atoms with van der Waals surface area (Å²) in [5.41, 5.74) is 5.67. The van der Waals surface area contributed by atoms with Gasteiger partial charge in [0.2, 0.25) is 5.95 Å². The Bertz CT molecular complexity index is 969. The molecular weight excluding hydrogens is 348 g/mol. The number of aromatic nitrogens is 3. The minimum absolute atomic E-state index is 0.190. The summed E-state index contributed by atoms with van der Waals surface area (Å²) in [6.07, 6.45) is 0. The SMILES string of the molecule is Cc1cc(C)c(Nc2nc(Nc3ccc(C#N)cc3)nnc2Cl)c(C)c1. The molecule has 130 valence electrons. The number of hydrogen-bond donors (Lipinski definition) is 2. The van der Waals surface area contributed by atoms with Crippen molar-refractivity contribution in [2.75, 3.05) is 10.6 Å². The molecule has 0 saturated heterocycles. The number of nitrogens with zero attached hydrogens (tertiary/aromatic N) is 4. The maximum Gasteiger partial charge on any atom is 0.249 e. The highest BCUT2D eigenvalue weighted by atomic mass is 35.5. The third-order valence-electron chi connectivity index (χ3n) is 3.84. The molecule has 0 unspecified atom stereocenters. The molecular formula is C19H17ClN6. The lowest BCUT2D eigenvalue weighted by Gasteiger charge is -2.14. The Morgan fingerprint density at radius 3 is 2.23 bits per heavy atom. The number of halogens is 1. The number of rotatable bonds is 4. The van der Waals surface area contributed by atoms with Crippen LogP contribution in [-0.4, -0.2) is 15.2 Å². The van der Waals surface area contributed by atoms with Crippen LogP contribution in [0.2, 0.25) is 5.15 Å². The molecule has 0 radical (unpaired) electrons. The first-order chi connectivity index (χ1) is 12.5. The fraction of sp³-hybridized carbons (Fsp3) is 0.158. The van der Waals surface area contributed by atoms with Gasteiger partial charge in [-0.15, -0.1) is 10.2 Å². The summed E-state index contributed by atoms with van der Waals surface area (Å²) in [5.74, 6) is 0.733. The summed E-state index contributed by atoms with van der Waals surface area (Å²) >= 11 is 6.16. The molecule has 2 N–H and O–H groups in total. The number of nitriles is 1. The van der Waals surface area contributed by atoms with Gasteiger partial charge in [-0.3, -0.25) is 0 Å². The van der Waals surface area contributed by atoms with Gasteiger partial charge in [0, 0.05) is 11.4 Å². The summed E-state index contributed by atoms with van der Waals surface area (Å²) in [5, 5.41) is 23.3. The summed E-state index contributed by atoms with van der Waals surface area (Å²) in [4.78, 5) is 4.42. The van der Waals surface area contributed by atoms with E-state index in [2.05, 4.69) is 50.9 Å². The quantitative estimate of drug-likeness (QED) is 0.690. The Labute approximate surface area is 156 Å². The number of nitrogens with one attached hydrogen (secondary N) is 2. The lowest BCUT2D eigenvalue weighted by atomic mass is 10.1. The number of anilines is 4. The van der Waals surface area contributed by atoms with Crippen molar-refractivity contribution in [1.29, 1.82) is 5.26 Å². The first-order valence-electron chi connectivity index (χ1n) is 7.98. The highest BCUT2D eigenvalue weighted by Gasteiger charge is 2.11. The average Bonchev–Trinajstić information content (AvgIpc) is 2.61. The molecule has 0 bridgehead atoms. The minimum Gasteiger partial charge on any atom is -0.337 e. The van der Waals surface area contributed by atoms with Crippen LogP contribution >= 0.6 is 11.6 Å². The summed E-state index contributed by atoms with van der Waals surface area (Å²) in [7, 11) is 0. The van der Waals surface area contributed by atoms with Crippen molar-refractivity contribution in [3.63, 3.8) is 0 Å². The normalized spacial score (nSPS) is 10.3. The largest absolute Gasteiger partial charge is 0.337 e. The number of hydrogen-bond acceptors (Lipinski definition) is 6. The average molecular weight is 365 g/mol. The van der Waals surface area contributed by atoms with Crippen LogP contribution in [0, 0.1) is 32.1 Å². The van der Waals surface area contributed by atoms with Gasteiger partial charge in [-0.05, 0) is 56.2 Å². The predicted octanol–water partition coefficient (Wildman–Crippen LogP) is 4.81. The van der Waals surface area contributed by atoms with E-state index < -0.39 is 0 Å². The van der Waals surface area contributed by atoms with Crippen LogP contribution in [0.15, 0.2) is 36.4 Å². The van der Waals surface area contributed by atoms with Crippen molar-refractivity contribution in [2.24, 2.45) is 0 Å². The fourth-order valence-electron chi connectivity index (χ4n) is 2.70. The molecule has 2 aromatic carbocycles. The molecule has 1 aromatic heterocycles. The van der Waals surface area contributed by atoms with Gasteiger partial charge in [0.05, 0.1) is 11.6 Å². The maximum atomic E-state index is 8.86. The van der Waals surface area contributed by atoms with Gasteiger partial charge in [-0.25, -0.2) is 0 Å². The van der Waals surface area contributed by atoms with E-state index in [1.165, 1.54) is 5.56 Å². The van der Waals surface area contributed by atoms with Crippen molar-refractivity contribution >= 4 is 34.7 Å². The van der Waals surface area contributed by atoms with Gasteiger partial charge in [0.1, 0.15) is 0 Å². The monoisotopic (exact) mass is 364 g/mol. The van der Waals surface area contributed by atoms with E-state index >= 15 is 0 Å². The molecule has 0 spiro atoms. The van der Waals surface area contributed by atoms with E-state index in [0.29, 0.717) is 17.3 Å². The van der Waals surface area contributed by atoms with Crippen LogP contribution in [0.1, 0.15) is 22.3 Å². The Morgan fingerprint density at radius 2 is 1.62 bits per heavy atom. The third-order valence-corrected chi connectivity index (χ3v) is 4.09. The van der Waals surface area contributed by atoms with Crippen molar-refractivity contribution in [3.05, 3.63) is 63.8 Å². The van der Waals surface area contributed by atoms with Gasteiger partial charge in [0.25, 0.3) is 0 Å². The smallest absolute Gasteiger partial charge is 0.249 e. The zero-order valence-electron chi connectivity index (χ0n) is 14.6. The molecule has 0 fully saturated rings. The molecule has 3 aromatic rings. The molecule has 7 heteroatoms. The Hall–Kier alpha value is -3.17. The second-order valence-electron chi connectivity index (χ2n) is 5.99. The summed E-state index contributed by atoms with van der Waals surface area (Å²) in [6, 6.07) is 13.2. The van der Waals surface area contributed by atoms with E-state index in [9.17, 15) is 0 Å². The lowest BCUT2D eigenvalue weighted by molar-refractivity contribution is 0.982. The molecule has 26 heavy (non-hydrogen) atoms. The summed E-state index contributed by atoms with van der Waals surface area (Å²) < 4.78 is 0. The first kappa shape index (κ1) is 17.6. The molecule has 0 amide bonds. The molecule has 0 aliphatic carbocycles. The van der Waals surface area contributed by atoms with Crippen molar-refractivity contribution in [1.82, 2.24) is 15.2 Å². The fourth-order valence-corrected chi connectivity index (χ4v) is 2.83. The third kappa shape index (κ3) is 3.90. The van der Waals surface area contributed by atoms with Crippen molar-refractivity contribution in [2.45, 2.75) is 20.8 Å². The van der Waals surface area contributed by atoms with E-state index in [1.54, 1.807) is 24.3 Å². The van der Waals surface area contributed by atoms with Gasteiger partial charge < -0.3 is 10.6 Å². The van der Waals surface area contributed by atoms with Crippen LogP contribution in [0.5, 0.6) is 0 Å². The van der Waals surface area contributed by atoms with Crippen LogP contribution in [-0.2, 0) is 0 Å². The van der Waals surface area contributed by atoms with Crippen molar-refractivity contribution < 1.29 is 0 Å². The highest BCUT2D eigenvalue weighted by molar-refractivity contribution is 6.31. The van der Waals surface area contributed by atoms with Gasteiger partial charge in [0.15, 0.2) is 11.0 Å². The van der Waals surface area contributed by atoms with Gasteiger partial charge in [-0.1, -0.05) is 29.3 Å². The second kappa shape index (κ2) is 7.38. The molecule has 0 saturated carbocycles. The predicted molar refractivity (Wildman–Crippen MR) is 103 cm³/mol. The van der Waals surface area contributed by atoms with Crippen LogP contribution in [0.25, 0.3) is 0 Å². The number of aryl methyl sites for hydroxylation is 3. The van der Waals surface area contributed by atoms with Gasteiger partial charge >= 0.3 is 0 Å². The lowest BCUT2D eigenvalue weighted by Crippen LogP contribution is -2.05. The second-order valence-corrected chi connectivity index (χ2v) is 6.35. The van der Waals surface area contributed by atoms with Gasteiger partial charge in [-0.2, -0.15) is 10.2 Å².